The standard InChI is InChI=1S/C29H37N5O2S/c1-5-11-34(12-6-2)29(36)25-15-23-9-7-22(17-27(23)32-28(30)18-25)21-8-10-24(19-35)26(16-21)31-20-33(3)13-14-37-4/h7-10,15-17,19-20H,5-6,11-14,18H2,1-4H3,(H2,30,32). The first-order chi connectivity index (χ1) is 17.9. The minimum Gasteiger partial charge on any atom is -0.387 e. The maximum Gasteiger partial charge on any atom is 0.250 e. The summed E-state index contributed by atoms with van der Waals surface area (Å²) in [7, 11) is 1.97. The van der Waals surface area contributed by atoms with Gasteiger partial charge in [-0.05, 0) is 54.5 Å². The smallest absolute Gasteiger partial charge is 0.250 e. The summed E-state index contributed by atoms with van der Waals surface area (Å²) >= 11 is 1.77. The third-order valence-electron chi connectivity index (χ3n) is 6.08. The zero-order valence-electron chi connectivity index (χ0n) is 22.2. The van der Waals surface area contributed by atoms with E-state index in [1.807, 2.05) is 53.3 Å². The van der Waals surface area contributed by atoms with Gasteiger partial charge < -0.3 is 15.5 Å². The molecule has 1 aliphatic rings. The van der Waals surface area contributed by atoms with Crippen molar-refractivity contribution in [2.75, 3.05) is 38.7 Å². The van der Waals surface area contributed by atoms with E-state index in [2.05, 4.69) is 30.1 Å². The second-order valence-electron chi connectivity index (χ2n) is 9.12. The van der Waals surface area contributed by atoms with Crippen LogP contribution in [0.15, 0.2) is 52.0 Å². The molecule has 0 fully saturated rings. The highest BCUT2D eigenvalue weighted by molar-refractivity contribution is 7.98. The highest BCUT2D eigenvalue weighted by Gasteiger charge is 2.21. The Bertz CT molecular complexity index is 1200. The first kappa shape index (κ1) is 28.2. The molecule has 0 unspecified atom stereocenters. The molecule has 0 aliphatic carbocycles. The average molecular weight is 520 g/mol. The highest BCUT2D eigenvalue weighted by atomic mass is 32.2. The van der Waals surface area contributed by atoms with Gasteiger partial charge in [0.2, 0.25) is 5.91 Å². The van der Waals surface area contributed by atoms with Gasteiger partial charge in [0, 0.05) is 55.6 Å². The van der Waals surface area contributed by atoms with Crippen molar-refractivity contribution >= 4 is 53.6 Å². The van der Waals surface area contributed by atoms with Gasteiger partial charge in [-0.2, -0.15) is 11.8 Å². The SMILES string of the molecule is CCCN(CCC)C(=O)C1=Cc2ccc(-c3ccc(C=O)c(N=CN(C)CCSC)c3)cc2N=C(N)C1. The van der Waals surface area contributed by atoms with Crippen LogP contribution in [0.25, 0.3) is 17.2 Å². The summed E-state index contributed by atoms with van der Waals surface area (Å²) < 4.78 is 0. The molecule has 8 heteroatoms. The number of thioether (sulfide) groups is 1. The third kappa shape index (κ3) is 7.55. The molecule has 0 spiro atoms. The van der Waals surface area contributed by atoms with E-state index in [0.717, 1.165) is 66.9 Å². The van der Waals surface area contributed by atoms with Crippen LogP contribution in [0.5, 0.6) is 0 Å². The molecule has 0 bridgehead atoms. The molecule has 2 aromatic rings. The fourth-order valence-corrected chi connectivity index (χ4v) is 4.62. The van der Waals surface area contributed by atoms with Crippen molar-refractivity contribution in [2.24, 2.45) is 15.7 Å². The van der Waals surface area contributed by atoms with Crippen LogP contribution < -0.4 is 5.73 Å². The van der Waals surface area contributed by atoms with Crippen LogP contribution in [0, 0.1) is 0 Å². The predicted molar refractivity (Wildman–Crippen MR) is 157 cm³/mol. The quantitative estimate of drug-likeness (QED) is 0.226. The summed E-state index contributed by atoms with van der Waals surface area (Å²) in [5.41, 5.74) is 11.5. The molecule has 0 saturated heterocycles. The van der Waals surface area contributed by atoms with E-state index in [4.69, 9.17) is 5.73 Å². The molecule has 3 rings (SSSR count). The summed E-state index contributed by atoms with van der Waals surface area (Å²) in [6.07, 6.45) is 8.71. The number of amides is 1. The summed E-state index contributed by atoms with van der Waals surface area (Å²) in [6.45, 7) is 6.47. The van der Waals surface area contributed by atoms with E-state index in [0.29, 0.717) is 29.1 Å². The second kappa shape index (κ2) is 13.8. The average Bonchev–Trinajstić information content (AvgIpc) is 3.07. The zero-order valence-corrected chi connectivity index (χ0v) is 23.1. The second-order valence-corrected chi connectivity index (χ2v) is 10.1. The molecule has 1 amide bonds. The molecule has 37 heavy (non-hydrogen) atoms. The summed E-state index contributed by atoms with van der Waals surface area (Å²) in [6, 6.07) is 11.5. The lowest BCUT2D eigenvalue weighted by Gasteiger charge is -2.22. The number of rotatable bonds is 12. The van der Waals surface area contributed by atoms with Crippen molar-refractivity contribution < 1.29 is 9.59 Å². The molecule has 1 heterocycles. The Morgan fingerprint density at radius 3 is 2.49 bits per heavy atom. The van der Waals surface area contributed by atoms with E-state index in [1.54, 1.807) is 24.2 Å². The summed E-state index contributed by atoms with van der Waals surface area (Å²) in [5, 5.41) is 0. The zero-order chi connectivity index (χ0) is 26.8. The Kier molecular flexibility index (Phi) is 10.5. The van der Waals surface area contributed by atoms with E-state index in [-0.39, 0.29) is 5.91 Å². The van der Waals surface area contributed by atoms with Gasteiger partial charge in [0.05, 0.1) is 17.7 Å². The minimum atomic E-state index is 0.0215. The number of benzene rings is 2. The van der Waals surface area contributed by atoms with Crippen LogP contribution >= 0.6 is 11.8 Å². The Morgan fingerprint density at radius 1 is 1.11 bits per heavy atom. The van der Waals surface area contributed by atoms with Gasteiger partial charge in [-0.3, -0.25) is 9.59 Å². The van der Waals surface area contributed by atoms with E-state index in [1.165, 1.54) is 0 Å². The molecule has 196 valence electrons. The van der Waals surface area contributed by atoms with Gasteiger partial charge in [-0.15, -0.1) is 0 Å². The summed E-state index contributed by atoms with van der Waals surface area (Å²) in [5.74, 6) is 1.44. The van der Waals surface area contributed by atoms with Crippen LogP contribution in [0.1, 0.15) is 49.0 Å². The van der Waals surface area contributed by atoms with Gasteiger partial charge in [-0.1, -0.05) is 32.0 Å². The number of aldehydes is 1. The van der Waals surface area contributed by atoms with Crippen molar-refractivity contribution in [3.63, 3.8) is 0 Å². The van der Waals surface area contributed by atoms with Crippen LogP contribution in [0.4, 0.5) is 11.4 Å². The molecular formula is C29H37N5O2S. The van der Waals surface area contributed by atoms with E-state index < -0.39 is 0 Å². The van der Waals surface area contributed by atoms with Gasteiger partial charge in [-0.25, -0.2) is 9.98 Å². The van der Waals surface area contributed by atoms with Gasteiger partial charge in [0.25, 0.3) is 0 Å². The molecule has 1 aliphatic heterocycles. The number of carbonyl (C=O) groups is 2. The number of hydrogen-bond donors (Lipinski definition) is 1. The van der Waals surface area contributed by atoms with Crippen molar-refractivity contribution in [2.45, 2.75) is 33.1 Å². The Hall–Kier alpha value is -3.39. The fraction of sp³-hybridized carbons (Fsp3) is 0.379. The van der Waals surface area contributed by atoms with Crippen LogP contribution in [-0.4, -0.2) is 72.9 Å². The predicted octanol–water partition coefficient (Wildman–Crippen LogP) is 5.55. The Morgan fingerprint density at radius 2 is 1.81 bits per heavy atom. The first-order valence-electron chi connectivity index (χ1n) is 12.7. The number of fused-ring (bicyclic) bond motifs is 1. The number of carbonyl (C=O) groups excluding carboxylic acids is 2. The van der Waals surface area contributed by atoms with Crippen LogP contribution in [0.3, 0.4) is 0 Å². The minimum absolute atomic E-state index is 0.0215. The largest absolute Gasteiger partial charge is 0.387 e. The molecular weight excluding hydrogens is 482 g/mol. The molecule has 7 nitrogen and oxygen atoms in total. The maximum atomic E-state index is 13.2. The molecule has 0 atom stereocenters. The monoisotopic (exact) mass is 519 g/mol. The van der Waals surface area contributed by atoms with Crippen molar-refractivity contribution in [1.29, 1.82) is 0 Å². The van der Waals surface area contributed by atoms with Crippen LogP contribution in [-0.2, 0) is 4.79 Å². The Labute approximate surface area is 224 Å². The highest BCUT2D eigenvalue weighted by Crippen LogP contribution is 2.34. The van der Waals surface area contributed by atoms with Crippen molar-refractivity contribution in [1.82, 2.24) is 9.80 Å². The van der Waals surface area contributed by atoms with E-state index in [9.17, 15) is 9.59 Å². The molecule has 0 radical (unpaired) electrons. The number of nitrogens with two attached hydrogens (primary N) is 1. The first-order valence-corrected chi connectivity index (χ1v) is 14.1. The van der Waals surface area contributed by atoms with Crippen molar-refractivity contribution in [3.05, 3.63) is 53.1 Å². The van der Waals surface area contributed by atoms with Crippen LogP contribution in [0.2, 0.25) is 0 Å². The number of aliphatic imine (C=N–C) groups is 2. The lowest BCUT2D eigenvalue weighted by molar-refractivity contribution is -0.127. The topological polar surface area (TPSA) is 91.4 Å². The van der Waals surface area contributed by atoms with Gasteiger partial charge in [0.1, 0.15) is 5.84 Å². The van der Waals surface area contributed by atoms with Crippen molar-refractivity contribution in [3.8, 4) is 11.1 Å². The maximum absolute atomic E-state index is 13.2. The van der Waals surface area contributed by atoms with Gasteiger partial charge >= 0.3 is 0 Å². The Balaban J connectivity index is 1.94. The molecule has 0 aromatic heterocycles. The van der Waals surface area contributed by atoms with Gasteiger partial charge in [0.15, 0.2) is 6.29 Å². The molecule has 0 saturated carbocycles. The number of amidine groups is 1. The number of hydrogen-bond acceptors (Lipinski definition) is 6. The third-order valence-corrected chi connectivity index (χ3v) is 6.67. The summed E-state index contributed by atoms with van der Waals surface area (Å²) in [4.78, 5) is 38.0. The fourth-order valence-electron chi connectivity index (χ4n) is 4.15. The lowest BCUT2D eigenvalue weighted by atomic mass is 9.99. The molecule has 2 aromatic carbocycles. The normalized spacial score (nSPS) is 13.0. The molecule has 2 N–H and O–H groups in total. The van der Waals surface area contributed by atoms with E-state index >= 15 is 0 Å². The lowest BCUT2D eigenvalue weighted by Crippen LogP contribution is -2.34. The number of nitrogens with zero attached hydrogens (tertiary/aromatic N) is 4.